The highest BCUT2D eigenvalue weighted by atomic mass is 16.5. The summed E-state index contributed by atoms with van der Waals surface area (Å²) in [6.07, 6.45) is 1.67. The molecule has 0 fully saturated rings. The number of amidine groups is 1. The molecular formula is C11H17N4O. The minimum absolute atomic E-state index is 0.394. The number of rotatable bonds is 1. The summed E-state index contributed by atoms with van der Waals surface area (Å²) in [5.41, 5.74) is -0.172. The van der Waals surface area contributed by atoms with E-state index in [-0.39, 0.29) is 0 Å². The summed E-state index contributed by atoms with van der Waals surface area (Å²) < 4.78 is 1.67. The molecule has 5 heteroatoms. The van der Waals surface area contributed by atoms with Gasteiger partial charge < -0.3 is 0 Å². The van der Waals surface area contributed by atoms with E-state index in [2.05, 4.69) is 10.1 Å². The molecule has 1 aromatic rings. The Balaban J connectivity index is 2.50. The van der Waals surface area contributed by atoms with E-state index in [0.29, 0.717) is 5.84 Å². The van der Waals surface area contributed by atoms with Crippen LogP contribution < -0.4 is 0 Å². The molecule has 0 unspecified atom stereocenters. The highest BCUT2D eigenvalue weighted by Crippen LogP contribution is 2.37. The molecule has 0 spiro atoms. The van der Waals surface area contributed by atoms with Crippen molar-refractivity contribution in [3.05, 3.63) is 18.0 Å². The van der Waals surface area contributed by atoms with Crippen LogP contribution >= 0.6 is 0 Å². The van der Waals surface area contributed by atoms with Crippen molar-refractivity contribution in [3.8, 4) is 0 Å². The van der Waals surface area contributed by atoms with Crippen molar-refractivity contribution in [1.82, 2.24) is 14.8 Å². The lowest BCUT2D eigenvalue weighted by Crippen LogP contribution is -2.50. The molecule has 1 aromatic heterocycles. The van der Waals surface area contributed by atoms with Crippen LogP contribution in [0.2, 0.25) is 0 Å². The van der Waals surface area contributed by atoms with Gasteiger partial charge in [-0.25, -0.2) is 0 Å². The Labute approximate surface area is 95.4 Å². The SMILES string of the molecule is Cn1nccc1C1=NC(C)(C)C(C)(C)N1[O]. The second kappa shape index (κ2) is 3.07. The normalized spacial score (nSPS) is 22.4. The zero-order valence-corrected chi connectivity index (χ0v) is 10.4. The van der Waals surface area contributed by atoms with Gasteiger partial charge in [-0.05, 0) is 33.8 Å². The highest BCUT2D eigenvalue weighted by molar-refractivity contribution is 5.98. The van der Waals surface area contributed by atoms with E-state index in [4.69, 9.17) is 0 Å². The first-order valence-corrected chi connectivity index (χ1v) is 5.33. The summed E-state index contributed by atoms with van der Waals surface area (Å²) in [4.78, 5) is 4.53. The molecule has 1 aliphatic rings. The van der Waals surface area contributed by atoms with Crippen LogP contribution in [0, 0.1) is 0 Å². The standard InChI is InChI=1S/C11H17N4O/c1-10(2)11(3,4)15(16)9(13-10)8-6-7-12-14(8)5/h6-7H,1-5H3. The van der Waals surface area contributed by atoms with Crippen molar-refractivity contribution in [1.29, 1.82) is 0 Å². The molecule has 0 N–H and O–H groups in total. The van der Waals surface area contributed by atoms with Crippen LogP contribution in [-0.4, -0.2) is 31.8 Å². The van der Waals surface area contributed by atoms with Gasteiger partial charge in [-0.2, -0.15) is 10.2 Å². The van der Waals surface area contributed by atoms with Crippen molar-refractivity contribution in [2.75, 3.05) is 0 Å². The minimum Gasteiger partial charge on any atom is -0.265 e. The van der Waals surface area contributed by atoms with Crippen LogP contribution in [0.3, 0.4) is 0 Å². The molecule has 0 aromatic carbocycles. The van der Waals surface area contributed by atoms with Gasteiger partial charge in [-0.3, -0.25) is 9.67 Å². The lowest BCUT2D eigenvalue weighted by Gasteiger charge is -2.35. The lowest BCUT2D eigenvalue weighted by molar-refractivity contribution is -0.158. The number of hydrogen-bond donors (Lipinski definition) is 0. The predicted molar refractivity (Wildman–Crippen MR) is 60.4 cm³/mol. The van der Waals surface area contributed by atoms with E-state index in [1.165, 1.54) is 0 Å². The van der Waals surface area contributed by atoms with Crippen molar-refractivity contribution in [3.63, 3.8) is 0 Å². The fourth-order valence-corrected chi connectivity index (χ4v) is 1.71. The van der Waals surface area contributed by atoms with E-state index in [1.807, 2.05) is 34.7 Å². The third-order valence-electron chi connectivity index (χ3n) is 3.63. The van der Waals surface area contributed by atoms with E-state index < -0.39 is 11.1 Å². The van der Waals surface area contributed by atoms with Gasteiger partial charge in [0.2, 0.25) is 0 Å². The Morgan fingerprint density at radius 1 is 1.25 bits per heavy atom. The highest BCUT2D eigenvalue weighted by Gasteiger charge is 2.50. The zero-order valence-electron chi connectivity index (χ0n) is 10.4. The van der Waals surface area contributed by atoms with E-state index in [9.17, 15) is 5.21 Å². The molecule has 5 nitrogen and oxygen atoms in total. The van der Waals surface area contributed by atoms with E-state index in [1.54, 1.807) is 16.9 Å². The molecular weight excluding hydrogens is 204 g/mol. The molecule has 1 aliphatic heterocycles. The Morgan fingerprint density at radius 3 is 2.25 bits per heavy atom. The fraction of sp³-hybridized carbons (Fsp3) is 0.636. The number of nitrogens with zero attached hydrogens (tertiary/aromatic N) is 4. The van der Waals surface area contributed by atoms with Gasteiger partial charge in [-0.1, -0.05) is 5.21 Å². The molecule has 0 bridgehead atoms. The van der Waals surface area contributed by atoms with Crippen LogP contribution in [-0.2, 0) is 12.3 Å². The molecule has 87 valence electrons. The number of hydrogen-bond acceptors (Lipinski definition) is 3. The van der Waals surface area contributed by atoms with Crippen LogP contribution in [0.5, 0.6) is 0 Å². The van der Waals surface area contributed by atoms with Crippen molar-refractivity contribution in [2.24, 2.45) is 12.0 Å². The molecule has 0 saturated heterocycles. The summed E-state index contributed by atoms with van der Waals surface area (Å²) in [7, 11) is 1.81. The average Bonchev–Trinajstić information content (AvgIpc) is 2.64. The number of aromatic nitrogens is 2. The third-order valence-corrected chi connectivity index (χ3v) is 3.63. The smallest absolute Gasteiger partial charge is 0.177 e. The Hall–Kier alpha value is -1.36. The fourth-order valence-electron chi connectivity index (χ4n) is 1.71. The van der Waals surface area contributed by atoms with Gasteiger partial charge in [0.05, 0.1) is 11.1 Å². The minimum atomic E-state index is -0.535. The summed E-state index contributed by atoms with van der Waals surface area (Å²) in [5, 5.41) is 17.3. The van der Waals surface area contributed by atoms with Crippen molar-refractivity contribution in [2.45, 2.75) is 38.8 Å². The first-order chi connectivity index (χ1) is 7.27. The maximum Gasteiger partial charge on any atom is 0.177 e. The Kier molecular flexibility index (Phi) is 2.14. The molecule has 0 saturated carbocycles. The van der Waals surface area contributed by atoms with Gasteiger partial charge in [0, 0.05) is 13.2 Å². The summed E-state index contributed by atoms with van der Waals surface area (Å²) >= 11 is 0. The first-order valence-electron chi connectivity index (χ1n) is 5.33. The molecule has 2 heterocycles. The second-order valence-electron chi connectivity index (χ2n) is 5.19. The first kappa shape index (κ1) is 11.1. The van der Waals surface area contributed by atoms with Crippen molar-refractivity contribution >= 4 is 5.84 Å². The zero-order chi connectivity index (χ0) is 12.1. The molecule has 0 atom stereocenters. The summed E-state index contributed by atoms with van der Waals surface area (Å²) in [5.74, 6) is 0.468. The average molecular weight is 221 g/mol. The number of aryl methyl sites for hydroxylation is 1. The quantitative estimate of drug-likeness (QED) is 0.719. The maximum absolute atomic E-state index is 12.2. The predicted octanol–water partition coefficient (Wildman–Crippen LogP) is 1.39. The van der Waals surface area contributed by atoms with Crippen LogP contribution in [0.4, 0.5) is 0 Å². The van der Waals surface area contributed by atoms with Gasteiger partial charge in [0.15, 0.2) is 5.84 Å². The monoisotopic (exact) mass is 221 g/mol. The molecule has 1 radical (unpaired) electrons. The van der Waals surface area contributed by atoms with Crippen molar-refractivity contribution < 1.29 is 5.21 Å². The maximum atomic E-state index is 12.2. The molecule has 0 amide bonds. The summed E-state index contributed by atoms with van der Waals surface area (Å²) in [6.45, 7) is 7.77. The van der Waals surface area contributed by atoms with Crippen LogP contribution in [0.25, 0.3) is 0 Å². The van der Waals surface area contributed by atoms with Crippen LogP contribution in [0.15, 0.2) is 17.3 Å². The van der Waals surface area contributed by atoms with E-state index >= 15 is 0 Å². The van der Waals surface area contributed by atoms with Gasteiger partial charge >= 0.3 is 0 Å². The second-order valence-corrected chi connectivity index (χ2v) is 5.19. The Morgan fingerprint density at radius 2 is 1.88 bits per heavy atom. The summed E-state index contributed by atoms with van der Waals surface area (Å²) in [6, 6.07) is 1.81. The molecule has 2 rings (SSSR count). The number of aliphatic imine (C=N–C) groups is 1. The number of hydroxylamine groups is 2. The van der Waals surface area contributed by atoms with Gasteiger partial charge in [0.25, 0.3) is 0 Å². The topological polar surface area (TPSA) is 53.3 Å². The van der Waals surface area contributed by atoms with Gasteiger partial charge in [0.1, 0.15) is 5.69 Å². The van der Waals surface area contributed by atoms with E-state index in [0.717, 1.165) is 10.8 Å². The van der Waals surface area contributed by atoms with Gasteiger partial charge in [-0.15, -0.1) is 0 Å². The third kappa shape index (κ3) is 1.28. The Bertz CT molecular complexity index is 445. The largest absolute Gasteiger partial charge is 0.265 e. The lowest BCUT2D eigenvalue weighted by atomic mass is 9.84. The van der Waals surface area contributed by atoms with Crippen LogP contribution in [0.1, 0.15) is 33.4 Å². The molecule has 16 heavy (non-hydrogen) atoms. The molecule has 0 aliphatic carbocycles.